The van der Waals surface area contributed by atoms with Crippen molar-refractivity contribution in [2.24, 2.45) is 0 Å². The summed E-state index contributed by atoms with van der Waals surface area (Å²) >= 11 is 0. The lowest BCUT2D eigenvalue weighted by molar-refractivity contribution is -0.302. The molecule has 0 aromatic heterocycles. The molecule has 1 rings (SSSR count). The second kappa shape index (κ2) is 48.9. The van der Waals surface area contributed by atoms with Crippen molar-refractivity contribution in [3.05, 3.63) is 48.6 Å². The molecule has 1 heterocycles. The van der Waals surface area contributed by atoms with Crippen LogP contribution in [0.15, 0.2) is 48.6 Å². The minimum absolute atomic E-state index is 0.0602. The Bertz CT molecular complexity index is 1300. The summed E-state index contributed by atoms with van der Waals surface area (Å²) in [5.41, 5.74) is 0. The third-order valence-corrected chi connectivity index (χ3v) is 13.4. The summed E-state index contributed by atoms with van der Waals surface area (Å²) in [5.74, 6) is -0.249. The van der Waals surface area contributed by atoms with Crippen LogP contribution in [0, 0.1) is 0 Å². The average molecular weight is 991 g/mol. The zero-order valence-electron chi connectivity index (χ0n) is 44.7. The number of allylic oxidation sites excluding steroid dienone is 6. The number of nitrogens with one attached hydrogen (secondary N) is 1. The first-order valence-electron chi connectivity index (χ1n) is 28.9. The van der Waals surface area contributed by atoms with Gasteiger partial charge < -0.3 is 45.1 Å². The molecule has 6 N–H and O–H groups in total. The lowest BCUT2D eigenvalue weighted by atomic mass is 9.99. The van der Waals surface area contributed by atoms with Gasteiger partial charge in [0.05, 0.1) is 32.0 Å². The third-order valence-electron chi connectivity index (χ3n) is 13.4. The van der Waals surface area contributed by atoms with Crippen molar-refractivity contribution in [3.8, 4) is 0 Å². The standard InChI is InChI=1S/C59H107NO10/c1-3-5-7-9-11-13-26-31-35-39-43-47-55(64)68-48-44-40-36-32-28-25-23-21-19-17-15-16-18-20-22-24-27-30-34-38-42-46-54(63)60-51(50-69-59-58(67)57(66)56(65)53(49-61)70-59)52(62)45-41-37-33-29-14-12-10-8-6-4-2/h9,11,25,28,36,40-41,45,51-53,56-59,61-62,65-67H,3-8,10,12-24,26-27,29-35,37-39,42-44,46-50H2,1-2H3,(H,60,63)/b11-9-,28-25-,40-36-,45-41+. The van der Waals surface area contributed by atoms with Gasteiger partial charge in [0.15, 0.2) is 6.29 Å². The van der Waals surface area contributed by atoms with Crippen molar-refractivity contribution < 1.29 is 49.3 Å². The predicted octanol–water partition coefficient (Wildman–Crippen LogP) is 12.9. The van der Waals surface area contributed by atoms with Crippen molar-refractivity contribution in [1.29, 1.82) is 0 Å². The second-order valence-electron chi connectivity index (χ2n) is 20.0. The fourth-order valence-electron chi connectivity index (χ4n) is 8.78. The molecule has 11 heteroatoms. The quantitative estimate of drug-likeness (QED) is 0.0196. The number of hydrogen-bond donors (Lipinski definition) is 6. The van der Waals surface area contributed by atoms with Crippen LogP contribution in [0.2, 0.25) is 0 Å². The van der Waals surface area contributed by atoms with Gasteiger partial charge in [-0.05, 0) is 70.6 Å². The number of aliphatic hydroxyl groups excluding tert-OH is 5. The van der Waals surface area contributed by atoms with Crippen LogP contribution >= 0.6 is 0 Å². The molecule has 1 fully saturated rings. The molecule has 1 aliphatic rings. The minimum atomic E-state index is -1.57. The smallest absolute Gasteiger partial charge is 0.305 e. The van der Waals surface area contributed by atoms with Crippen LogP contribution < -0.4 is 5.32 Å². The van der Waals surface area contributed by atoms with Gasteiger partial charge >= 0.3 is 5.97 Å². The summed E-state index contributed by atoms with van der Waals surface area (Å²) in [4.78, 5) is 25.0. The number of amides is 1. The van der Waals surface area contributed by atoms with Crippen LogP contribution in [0.25, 0.3) is 0 Å². The van der Waals surface area contributed by atoms with Crippen molar-refractivity contribution in [3.63, 3.8) is 0 Å². The number of unbranched alkanes of at least 4 members (excludes halogenated alkanes) is 29. The Morgan fingerprint density at radius 2 is 0.971 bits per heavy atom. The first kappa shape index (κ1) is 65.6. The number of ether oxygens (including phenoxy) is 3. The van der Waals surface area contributed by atoms with E-state index in [1.54, 1.807) is 6.08 Å². The molecule has 7 atom stereocenters. The monoisotopic (exact) mass is 990 g/mol. The van der Waals surface area contributed by atoms with Gasteiger partial charge in [-0.3, -0.25) is 9.59 Å². The SMILES string of the molecule is CCCC/C=C\CCCCCCCC(=O)OCC/C=C\C/C=C\CCCCCCCCCCCCCCCCC(=O)NC(COC1OC(CO)C(O)C(O)C1O)C(O)/C=C/CCCCCCCCCC. The Morgan fingerprint density at radius 1 is 0.529 bits per heavy atom. The molecule has 70 heavy (non-hydrogen) atoms. The van der Waals surface area contributed by atoms with Gasteiger partial charge in [-0.15, -0.1) is 0 Å². The zero-order chi connectivity index (χ0) is 51.0. The molecule has 0 radical (unpaired) electrons. The number of esters is 1. The van der Waals surface area contributed by atoms with Crippen molar-refractivity contribution >= 4 is 11.9 Å². The van der Waals surface area contributed by atoms with Crippen molar-refractivity contribution in [2.45, 2.75) is 294 Å². The van der Waals surface area contributed by atoms with E-state index in [9.17, 15) is 35.1 Å². The molecule has 1 saturated heterocycles. The summed E-state index contributed by atoms with van der Waals surface area (Å²) in [7, 11) is 0. The predicted molar refractivity (Wildman–Crippen MR) is 287 cm³/mol. The van der Waals surface area contributed by atoms with Gasteiger partial charge in [-0.2, -0.15) is 0 Å². The normalized spacial score (nSPS) is 19.6. The lowest BCUT2D eigenvalue weighted by Gasteiger charge is -2.40. The van der Waals surface area contributed by atoms with E-state index in [4.69, 9.17) is 14.2 Å². The highest BCUT2D eigenvalue weighted by Gasteiger charge is 2.44. The van der Waals surface area contributed by atoms with Gasteiger partial charge in [0.1, 0.15) is 24.4 Å². The van der Waals surface area contributed by atoms with Gasteiger partial charge in [-0.1, -0.05) is 217 Å². The third kappa shape index (κ3) is 38.3. The fraction of sp³-hybridized carbons (Fsp3) is 0.831. The Hall–Kier alpha value is -2.38. The first-order valence-corrected chi connectivity index (χ1v) is 28.9. The Labute approximate surface area is 427 Å². The topological polar surface area (TPSA) is 175 Å². The van der Waals surface area contributed by atoms with E-state index >= 15 is 0 Å². The van der Waals surface area contributed by atoms with E-state index in [2.05, 4.69) is 55.6 Å². The first-order chi connectivity index (χ1) is 34.2. The molecule has 7 unspecified atom stereocenters. The molecule has 0 saturated carbocycles. The largest absolute Gasteiger partial charge is 0.465 e. The Kier molecular flexibility index (Phi) is 45.8. The summed E-state index contributed by atoms with van der Waals surface area (Å²) in [6.45, 7) is 4.16. The molecule has 1 amide bonds. The molecule has 0 aromatic carbocycles. The van der Waals surface area contributed by atoms with Gasteiger partial charge in [-0.25, -0.2) is 0 Å². The second-order valence-corrected chi connectivity index (χ2v) is 20.0. The van der Waals surface area contributed by atoms with E-state index in [-0.39, 0.29) is 18.5 Å². The van der Waals surface area contributed by atoms with Crippen LogP contribution in [-0.4, -0.2) is 100 Å². The maximum absolute atomic E-state index is 13.0. The maximum atomic E-state index is 13.0. The number of carbonyl (C=O) groups is 2. The summed E-state index contributed by atoms with van der Waals surface area (Å²) in [6, 6.07) is -0.813. The van der Waals surface area contributed by atoms with E-state index < -0.39 is 49.5 Å². The van der Waals surface area contributed by atoms with Crippen molar-refractivity contribution in [1.82, 2.24) is 5.32 Å². The van der Waals surface area contributed by atoms with Gasteiger partial charge in [0.25, 0.3) is 0 Å². The number of hydrogen-bond acceptors (Lipinski definition) is 10. The fourth-order valence-corrected chi connectivity index (χ4v) is 8.78. The van der Waals surface area contributed by atoms with E-state index in [1.807, 2.05) is 6.08 Å². The van der Waals surface area contributed by atoms with Crippen LogP contribution in [0.4, 0.5) is 0 Å². The van der Waals surface area contributed by atoms with Crippen LogP contribution in [0.1, 0.15) is 251 Å². The zero-order valence-corrected chi connectivity index (χ0v) is 44.7. The van der Waals surface area contributed by atoms with Gasteiger partial charge in [0, 0.05) is 12.8 Å². The summed E-state index contributed by atoms with van der Waals surface area (Å²) < 4.78 is 16.6. The minimum Gasteiger partial charge on any atom is -0.465 e. The van der Waals surface area contributed by atoms with Crippen LogP contribution in [0.5, 0.6) is 0 Å². The number of aliphatic hydroxyl groups is 5. The summed E-state index contributed by atoms with van der Waals surface area (Å²) in [5, 5.41) is 54.2. The Morgan fingerprint density at radius 3 is 1.50 bits per heavy atom. The summed E-state index contributed by atoms with van der Waals surface area (Å²) in [6.07, 6.45) is 50.8. The van der Waals surface area contributed by atoms with Gasteiger partial charge in [0.2, 0.25) is 5.91 Å². The molecular weight excluding hydrogens is 883 g/mol. The molecule has 1 aliphatic heterocycles. The molecule has 0 aliphatic carbocycles. The molecule has 0 aromatic rings. The molecule has 11 nitrogen and oxygen atoms in total. The average Bonchev–Trinajstić information content (AvgIpc) is 3.36. The van der Waals surface area contributed by atoms with E-state index in [0.29, 0.717) is 19.4 Å². The molecule has 0 spiro atoms. The van der Waals surface area contributed by atoms with E-state index in [1.165, 1.54) is 154 Å². The number of rotatable bonds is 49. The molecule has 408 valence electrons. The van der Waals surface area contributed by atoms with Crippen molar-refractivity contribution in [2.75, 3.05) is 19.8 Å². The lowest BCUT2D eigenvalue weighted by Crippen LogP contribution is -2.60. The number of carbonyl (C=O) groups excluding carboxylic acids is 2. The maximum Gasteiger partial charge on any atom is 0.305 e. The van der Waals surface area contributed by atoms with E-state index in [0.717, 1.165) is 70.6 Å². The van der Waals surface area contributed by atoms with Crippen LogP contribution in [-0.2, 0) is 23.8 Å². The molecular formula is C59H107NO10. The highest BCUT2D eigenvalue weighted by atomic mass is 16.7. The highest BCUT2D eigenvalue weighted by molar-refractivity contribution is 5.76. The Balaban J connectivity index is 2.08. The van der Waals surface area contributed by atoms with Crippen LogP contribution in [0.3, 0.4) is 0 Å². The highest BCUT2D eigenvalue weighted by Crippen LogP contribution is 2.23. The molecule has 0 bridgehead atoms.